The third-order valence-electron chi connectivity index (χ3n) is 2.74. The van der Waals surface area contributed by atoms with Crippen molar-refractivity contribution in [2.75, 3.05) is 0 Å². The highest BCUT2D eigenvalue weighted by molar-refractivity contribution is 7.89. The van der Waals surface area contributed by atoms with Crippen molar-refractivity contribution in [3.8, 4) is 0 Å². The molecule has 17 heavy (non-hydrogen) atoms. The molecule has 0 aliphatic heterocycles. The quantitative estimate of drug-likeness (QED) is 0.703. The monoisotopic (exact) mass is 254 g/mol. The maximum absolute atomic E-state index is 12.2. The average Bonchev–Trinajstić information content (AvgIpc) is 2.36. The molecule has 92 valence electrons. The Hall–Kier alpha value is -1.01. The van der Waals surface area contributed by atoms with Crippen LogP contribution in [0.3, 0.4) is 0 Å². The van der Waals surface area contributed by atoms with Gasteiger partial charge in [0.1, 0.15) is 12.2 Å². The van der Waals surface area contributed by atoms with Gasteiger partial charge in [-0.1, -0.05) is 24.3 Å². The molecule has 1 unspecified atom stereocenters. The van der Waals surface area contributed by atoms with Crippen LogP contribution in [-0.2, 0) is 10.8 Å². The largest absolute Gasteiger partial charge is 0.390 e. The van der Waals surface area contributed by atoms with Gasteiger partial charge in [0.05, 0.1) is 16.9 Å². The number of aliphatic hydroxyl groups excluding tert-OH is 3. The third-order valence-corrected chi connectivity index (χ3v) is 4.28. The fourth-order valence-corrected chi connectivity index (χ4v) is 3.02. The van der Waals surface area contributed by atoms with E-state index >= 15 is 0 Å². The molecule has 2 rings (SSSR count). The summed E-state index contributed by atoms with van der Waals surface area (Å²) in [4.78, 5) is 0.829. The molecule has 0 saturated carbocycles. The van der Waals surface area contributed by atoms with Gasteiger partial charge in [0.2, 0.25) is 0 Å². The SMILES string of the molecule is O=S(C1=CC[C@@H](O)[C@H](O)[C@H]1O)c1ccccc1. The van der Waals surface area contributed by atoms with Gasteiger partial charge in [0, 0.05) is 9.80 Å². The first-order chi connectivity index (χ1) is 8.11. The maximum atomic E-state index is 12.2. The van der Waals surface area contributed by atoms with Gasteiger partial charge in [-0.3, -0.25) is 0 Å². The average molecular weight is 254 g/mol. The van der Waals surface area contributed by atoms with Crippen LogP contribution in [0.5, 0.6) is 0 Å². The first-order valence-corrected chi connectivity index (χ1v) is 6.47. The molecule has 3 N–H and O–H groups in total. The lowest BCUT2D eigenvalue weighted by Crippen LogP contribution is -2.42. The van der Waals surface area contributed by atoms with Crippen molar-refractivity contribution in [1.82, 2.24) is 0 Å². The molecule has 4 atom stereocenters. The number of benzene rings is 1. The molecule has 0 aromatic heterocycles. The Bertz CT molecular complexity index is 443. The Morgan fingerprint density at radius 3 is 2.41 bits per heavy atom. The summed E-state index contributed by atoms with van der Waals surface area (Å²) in [6.45, 7) is 0. The van der Waals surface area contributed by atoms with Crippen molar-refractivity contribution in [3.05, 3.63) is 41.3 Å². The summed E-state index contributed by atoms with van der Waals surface area (Å²) < 4.78 is 12.2. The number of rotatable bonds is 2. The van der Waals surface area contributed by atoms with Gasteiger partial charge in [-0.25, -0.2) is 4.21 Å². The summed E-state index contributed by atoms with van der Waals surface area (Å²) >= 11 is 0. The third kappa shape index (κ3) is 2.47. The molecule has 0 saturated heterocycles. The maximum Gasteiger partial charge on any atom is 0.116 e. The van der Waals surface area contributed by atoms with Crippen LogP contribution in [0.1, 0.15) is 6.42 Å². The van der Waals surface area contributed by atoms with Crippen molar-refractivity contribution in [1.29, 1.82) is 0 Å². The molecule has 0 heterocycles. The molecule has 4 nitrogen and oxygen atoms in total. The van der Waals surface area contributed by atoms with Gasteiger partial charge in [-0.2, -0.15) is 0 Å². The van der Waals surface area contributed by atoms with E-state index in [1.807, 2.05) is 6.07 Å². The van der Waals surface area contributed by atoms with E-state index in [1.165, 1.54) is 6.08 Å². The topological polar surface area (TPSA) is 77.8 Å². The van der Waals surface area contributed by atoms with E-state index in [0.29, 0.717) is 4.90 Å². The van der Waals surface area contributed by atoms with Gasteiger partial charge in [-0.15, -0.1) is 0 Å². The number of aliphatic hydroxyl groups is 3. The minimum atomic E-state index is -1.50. The summed E-state index contributed by atoms with van der Waals surface area (Å²) in [5.41, 5.74) is 0. The van der Waals surface area contributed by atoms with E-state index in [1.54, 1.807) is 24.3 Å². The van der Waals surface area contributed by atoms with Crippen LogP contribution < -0.4 is 0 Å². The smallest absolute Gasteiger partial charge is 0.116 e. The second-order valence-corrected chi connectivity index (χ2v) is 5.41. The molecule has 1 aromatic carbocycles. The fourth-order valence-electron chi connectivity index (χ4n) is 1.74. The molecular weight excluding hydrogens is 240 g/mol. The molecule has 0 spiro atoms. The zero-order valence-electron chi connectivity index (χ0n) is 9.06. The number of hydrogen-bond acceptors (Lipinski definition) is 4. The molecule has 1 aliphatic rings. The van der Waals surface area contributed by atoms with E-state index in [-0.39, 0.29) is 11.3 Å². The fraction of sp³-hybridized carbons (Fsp3) is 0.333. The second-order valence-electron chi connectivity index (χ2n) is 3.93. The summed E-state index contributed by atoms with van der Waals surface area (Å²) in [6, 6.07) is 8.72. The van der Waals surface area contributed by atoms with Gasteiger partial charge in [0.15, 0.2) is 0 Å². The molecule has 1 aromatic rings. The predicted molar refractivity (Wildman–Crippen MR) is 63.6 cm³/mol. The van der Waals surface area contributed by atoms with Crippen LogP contribution in [0.15, 0.2) is 46.2 Å². The zero-order chi connectivity index (χ0) is 12.4. The van der Waals surface area contributed by atoms with Gasteiger partial charge >= 0.3 is 0 Å². The van der Waals surface area contributed by atoms with Crippen LogP contribution in [0.25, 0.3) is 0 Å². The Morgan fingerprint density at radius 2 is 1.76 bits per heavy atom. The number of hydrogen-bond donors (Lipinski definition) is 3. The molecule has 0 bridgehead atoms. The van der Waals surface area contributed by atoms with Crippen molar-refractivity contribution < 1.29 is 19.5 Å². The Labute approximate surface area is 102 Å². The molecule has 0 fully saturated rings. The van der Waals surface area contributed by atoms with E-state index < -0.39 is 29.1 Å². The van der Waals surface area contributed by atoms with Gasteiger partial charge < -0.3 is 15.3 Å². The summed E-state index contributed by atoms with van der Waals surface area (Å²) in [6.07, 6.45) is -1.82. The lowest BCUT2D eigenvalue weighted by atomic mass is 9.99. The molecule has 5 heteroatoms. The normalized spacial score (nSPS) is 30.8. The first-order valence-electron chi connectivity index (χ1n) is 5.32. The summed E-state index contributed by atoms with van der Waals surface area (Å²) in [7, 11) is -1.50. The molecule has 0 radical (unpaired) electrons. The van der Waals surface area contributed by atoms with Crippen LogP contribution in [-0.4, -0.2) is 37.8 Å². The minimum absolute atomic E-state index is 0.201. The van der Waals surface area contributed by atoms with Crippen molar-refractivity contribution in [2.24, 2.45) is 0 Å². The van der Waals surface area contributed by atoms with E-state index in [2.05, 4.69) is 0 Å². The predicted octanol–water partition coefficient (Wildman–Crippen LogP) is 0.164. The molecule has 0 amide bonds. The van der Waals surface area contributed by atoms with E-state index in [0.717, 1.165) is 0 Å². The minimum Gasteiger partial charge on any atom is -0.390 e. The molecular formula is C12H14O4S. The van der Waals surface area contributed by atoms with Crippen molar-refractivity contribution >= 4 is 10.8 Å². The van der Waals surface area contributed by atoms with Crippen LogP contribution >= 0.6 is 0 Å². The van der Waals surface area contributed by atoms with Crippen LogP contribution in [0.2, 0.25) is 0 Å². The zero-order valence-corrected chi connectivity index (χ0v) is 9.88. The lowest BCUT2D eigenvalue weighted by molar-refractivity contribution is -0.0471. The highest BCUT2D eigenvalue weighted by Gasteiger charge is 2.33. The molecule has 1 aliphatic carbocycles. The summed E-state index contributed by atoms with van der Waals surface area (Å²) in [5, 5.41) is 28.7. The van der Waals surface area contributed by atoms with Crippen LogP contribution in [0.4, 0.5) is 0 Å². The van der Waals surface area contributed by atoms with E-state index in [9.17, 15) is 19.5 Å². The summed E-state index contributed by atoms with van der Waals surface area (Å²) in [5.74, 6) is 0. The van der Waals surface area contributed by atoms with Gasteiger partial charge in [0.25, 0.3) is 0 Å². The Morgan fingerprint density at radius 1 is 1.12 bits per heavy atom. The highest BCUT2D eigenvalue weighted by Crippen LogP contribution is 2.25. The second kappa shape index (κ2) is 5.10. The standard InChI is InChI=1S/C12H14O4S/c13-9-6-7-10(12(15)11(9)14)17(16)8-4-2-1-3-5-8/h1-5,7,9,11-15H,6H2/t9-,11+,12+,17?/m1/s1. The highest BCUT2D eigenvalue weighted by atomic mass is 32.2. The van der Waals surface area contributed by atoms with E-state index in [4.69, 9.17) is 0 Å². The Balaban J connectivity index is 2.27. The Kier molecular flexibility index (Phi) is 3.73. The van der Waals surface area contributed by atoms with Crippen molar-refractivity contribution in [3.63, 3.8) is 0 Å². The first kappa shape index (κ1) is 12.4. The van der Waals surface area contributed by atoms with Crippen LogP contribution in [0, 0.1) is 0 Å². The van der Waals surface area contributed by atoms with Gasteiger partial charge in [-0.05, 0) is 18.6 Å². The van der Waals surface area contributed by atoms with Crippen molar-refractivity contribution in [2.45, 2.75) is 29.6 Å². The lowest BCUT2D eigenvalue weighted by Gasteiger charge is -2.28.